The van der Waals surface area contributed by atoms with Gasteiger partial charge in [0.05, 0.1) is 0 Å². The normalized spacial score (nSPS) is 23.3. The zero-order chi connectivity index (χ0) is 5.98. The summed E-state index contributed by atoms with van der Waals surface area (Å²) in [5.41, 5.74) is 0. The second-order valence-electron chi connectivity index (χ2n) is 2.80. The maximum atomic E-state index is 3.87. The third kappa shape index (κ3) is 3.69. The zero-order valence-corrected chi connectivity index (χ0v) is 8.98. The van der Waals surface area contributed by atoms with Gasteiger partial charge in [0.15, 0.2) is 0 Å². The fourth-order valence-electron chi connectivity index (χ4n) is 1.06. The van der Waals surface area contributed by atoms with E-state index >= 15 is 0 Å². The van der Waals surface area contributed by atoms with E-state index in [9.17, 15) is 0 Å². The van der Waals surface area contributed by atoms with Gasteiger partial charge in [0.2, 0.25) is 0 Å². The van der Waals surface area contributed by atoms with Crippen LogP contribution in [-0.2, 0) is 32.7 Å². The molecule has 0 saturated carbocycles. The number of piperidine rings is 1. The van der Waals surface area contributed by atoms with Crippen LogP contribution in [0.5, 0.6) is 0 Å². The molecule has 0 N–H and O–H groups in total. The topological polar surface area (TPSA) is 3.24 Å². The van der Waals surface area contributed by atoms with Crippen LogP contribution in [0.2, 0.25) is 0 Å². The van der Waals surface area contributed by atoms with E-state index in [0.29, 0.717) is 0 Å². The molecule has 0 atom stereocenters. The molecule has 1 nitrogen and oxygen atoms in total. The Morgan fingerprint density at radius 2 is 1.78 bits per heavy atom. The molecule has 0 aromatic carbocycles. The second kappa shape index (κ2) is 4.81. The summed E-state index contributed by atoms with van der Waals surface area (Å²) in [4.78, 5) is 2.15. The van der Waals surface area contributed by atoms with E-state index in [1.54, 1.807) is 0 Å². The first-order chi connectivity index (χ1) is 3.79. The van der Waals surface area contributed by atoms with Crippen molar-refractivity contribution in [3.63, 3.8) is 0 Å². The van der Waals surface area contributed by atoms with Crippen molar-refractivity contribution in [2.75, 3.05) is 13.1 Å². The molecular formula is C7H14NY+2. The van der Waals surface area contributed by atoms with Crippen molar-refractivity contribution < 1.29 is 32.7 Å². The van der Waals surface area contributed by atoms with Crippen LogP contribution in [0.4, 0.5) is 0 Å². The second-order valence-corrected chi connectivity index (χ2v) is 2.80. The van der Waals surface area contributed by atoms with Gasteiger partial charge in [-0.05, 0) is 31.8 Å². The molecule has 0 unspecified atom stereocenters. The fourth-order valence-corrected chi connectivity index (χ4v) is 1.06. The van der Waals surface area contributed by atoms with Gasteiger partial charge in [-0.1, -0.05) is 6.92 Å². The third-order valence-electron chi connectivity index (χ3n) is 1.88. The number of hydrogen-bond donors (Lipinski definition) is 0. The van der Waals surface area contributed by atoms with E-state index in [1.165, 1.54) is 25.9 Å². The van der Waals surface area contributed by atoms with Crippen molar-refractivity contribution in [3.8, 4) is 0 Å². The summed E-state index contributed by atoms with van der Waals surface area (Å²) in [7, 11) is 3.87. The molecule has 0 radical (unpaired) electrons. The van der Waals surface area contributed by atoms with E-state index in [2.05, 4.69) is 18.9 Å². The van der Waals surface area contributed by atoms with Crippen LogP contribution in [0.15, 0.2) is 0 Å². The average Bonchev–Trinajstić information content (AvgIpc) is 1.77. The van der Waals surface area contributed by atoms with Gasteiger partial charge in [0, 0.05) is 0 Å². The standard InChI is InChI=1S/C7H14N.Y/c1-7-3-5-8(2)6-4-7;/h7H,2-6H2,1H3;/q-1;+3. The predicted molar refractivity (Wildman–Crippen MR) is 35.3 cm³/mol. The minimum atomic E-state index is 0. The molecule has 0 amide bonds. The molecular weight excluding hydrogens is 187 g/mol. The Morgan fingerprint density at radius 3 is 2.11 bits per heavy atom. The van der Waals surface area contributed by atoms with Crippen LogP contribution in [0.3, 0.4) is 0 Å². The van der Waals surface area contributed by atoms with Crippen molar-refractivity contribution in [3.05, 3.63) is 7.05 Å². The molecule has 0 aliphatic carbocycles. The van der Waals surface area contributed by atoms with E-state index < -0.39 is 0 Å². The first kappa shape index (κ1) is 10.1. The van der Waals surface area contributed by atoms with Crippen molar-refractivity contribution >= 4 is 0 Å². The van der Waals surface area contributed by atoms with Gasteiger partial charge in [0.25, 0.3) is 0 Å². The fraction of sp³-hybridized carbons (Fsp3) is 0.857. The van der Waals surface area contributed by atoms with Crippen molar-refractivity contribution in [1.82, 2.24) is 4.90 Å². The molecule has 1 heterocycles. The van der Waals surface area contributed by atoms with Gasteiger partial charge in [-0.2, -0.15) is 0 Å². The third-order valence-corrected chi connectivity index (χ3v) is 1.88. The molecule has 1 aliphatic heterocycles. The minimum absolute atomic E-state index is 0. The summed E-state index contributed by atoms with van der Waals surface area (Å²) in [6.45, 7) is 4.70. The summed E-state index contributed by atoms with van der Waals surface area (Å²) in [6, 6.07) is 0. The van der Waals surface area contributed by atoms with Gasteiger partial charge in [-0.25, -0.2) is 0 Å². The SMILES string of the molecule is [CH2-]N1CCC(C)CC1.[Y+3]. The monoisotopic (exact) mass is 201 g/mol. The molecule has 0 aromatic rings. The van der Waals surface area contributed by atoms with Gasteiger partial charge in [-0.15, -0.1) is 0 Å². The molecule has 9 heavy (non-hydrogen) atoms. The van der Waals surface area contributed by atoms with Crippen LogP contribution in [0.25, 0.3) is 0 Å². The summed E-state index contributed by atoms with van der Waals surface area (Å²) in [6.07, 6.45) is 2.67. The number of likely N-dealkylation sites (tertiary alicyclic amines) is 1. The Balaban J connectivity index is 0.000000640. The molecule has 1 saturated heterocycles. The molecule has 1 aliphatic rings. The Bertz CT molecular complexity index is 57.3. The van der Waals surface area contributed by atoms with Crippen molar-refractivity contribution in [2.45, 2.75) is 19.8 Å². The Labute approximate surface area is 83.1 Å². The maximum Gasteiger partial charge on any atom is 3.00 e. The van der Waals surface area contributed by atoms with E-state index in [1.807, 2.05) is 0 Å². The van der Waals surface area contributed by atoms with E-state index in [0.717, 1.165) is 5.92 Å². The number of rotatable bonds is 0. The van der Waals surface area contributed by atoms with Crippen LogP contribution >= 0.6 is 0 Å². The zero-order valence-electron chi connectivity index (χ0n) is 6.14. The Kier molecular flexibility index (Phi) is 5.38. The summed E-state index contributed by atoms with van der Waals surface area (Å²) in [5.74, 6) is 0.938. The van der Waals surface area contributed by atoms with Crippen molar-refractivity contribution in [2.24, 2.45) is 5.92 Å². The van der Waals surface area contributed by atoms with Gasteiger partial charge in [0.1, 0.15) is 0 Å². The molecule has 1 rings (SSSR count). The Morgan fingerprint density at radius 1 is 1.33 bits per heavy atom. The van der Waals surface area contributed by atoms with Gasteiger partial charge < -0.3 is 4.90 Å². The van der Waals surface area contributed by atoms with E-state index in [-0.39, 0.29) is 32.7 Å². The number of nitrogens with zero attached hydrogens (tertiary/aromatic N) is 1. The van der Waals surface area contributed by atoms with Crippen LogP contribution in [0.1, 0.15) is 19.8 Å². The molecule has 0 aromatic heterocycles. The molecule has 1 fully saturated rings. The largest absolute Gasteiger partial charge is 3.00 e. The summed E-state index contributed by atoms with van der Waals surface area (Å²) >= 11 is 0. The van der Waals surface area contributed by atoms with E-state index in [4.69, 9.17) is 0 Å². The van der Waals surface area contributed by atoms with Crippen LogP contribution in [-0.4, -0.2) is 18.0 Å². The first-order valence-electron chi connectivity index (χ1n) is 3.34. The predicted octanol–water partition coefficient (Wildman–Crippen LogP) is 1.51. The summed E-state index contributed by atoms with van der Waals surface area (Å²) < 4.78 is 0. The minimum Gasteiger partial charge on any atom is -0.459 e. The molecule has 2 heteroatoms. The first-order valence-corrected chi connectivity index (χ1v) is 3.34. The van der Waals surface area contributed by atoms with Gasteiger partial charge >= 0.3 is 32.7 Å². The smallest absolute Gasteiger partial charge is 0.459 e. The molecule has 0 bridgehead atoms. The van der Waals surface area contributed by atoms with Crippen LogP contribution < -0.4 is 0 Å². The van der Waals surface area contributed by atoms with Gasteiger partial charge in [-0.3, -0.25) is 7.05 Å². The van der Waals surface area contributed by atoms with Crippen molar-refractivity contribution in [1.29, 1.82) is 0 Å². The molecule has 0 spiro atoms. The number of hydrogen-bond acceptors (Lipinski definition) is 1. The Hall–Kier alpha value is 1.06. The quantitative estimate of drug-likeness (QED) is 0.537. The maximum absolute atomic E-state index is 3.87. The summed E-state index contributed by atoms with van der Waals surface area (Å²) in [5, 5.41) is 0. The molecule has 48 valence electrons. The van der Waals surface area contributed by atoms with Crippen LogP contribution in [0, 0.1) is 13.0 Å². The average molecular weight is 201 g/mol.